The summed E-state index contributed by atoms with van der Waals surface area (Å²) in [6.07, 6.45) is 2.91. The maximum atomic E-state index is 12.7. The first-order valence-corrected chi connectivity index (χ1v) is 8.90. The lowest BCUT2D eigenvalue weighted by Gasteiger charge is -2.35. The summed E-state index contributed by atoms with van der Waals surface area (Å²) in [7, 11) is 0. The summed E-state index contributed by atoms with van der Waals surface area (Å²) in [6.45, 7) is 2.70. The third kappa shape index (κ3) is 3.32. The van der Waals surface area contributed by atoms with Gasteiger partial charge in [-0.2, -0.15) is 9.90 Å². The smallest absolute Gasteiger partial charge is 0.276 e. The molecule has 1 atom stereocenters. The average Bonchev–Trinajstić information content (AvgIpc) is 3.40. The first kappa shape index (κ1) is 16.7. The van der Waals surface area contributed by atoms with Gasteiger partial charge in [0.25, 0.3) is 11.8 Å². The van der Waals surface area contributed by atoms with Crippen LogP contribution in [0.4, 0.5) is 0 Å². The Bertz CT molecular complexity index is 777. The molecule has 0 bridgehead atoms. The molecule has 1 aromatic heterocycles. The third-order valence-corrected chi connectivity index (χ3v) is 4.78. The van der Waals surface area contributed by atoms with Crippen LogP contribution in [0.15, 0.2) is 36.5 Å². The van der Waals surface area contributed by atoms with E-state index >= 15 is 0 Å². The minimum atomic E-state index is -0.303. The molecule has 1 unspecified atom stereocenters. The zero-order valence-electron chi connectivity index (χ0n) is 14.5. The predicted molar refractivity (Wildman–Crippen MR) is 92.8 cm³/mol. The molecule has 2 amide bonds. The predicted octanol–water partition coefficient (Wildman–Crippen LogP) is 0.731. The van der Waals surface area contributed by atoms with Gasteiger partial charge in [-0.1, -0.05) is 18.2 Å². The molecule has 26 heavy (non-hydrogen) atoms. The number of piperazine rings is 1. The summed E-state index contributed by atoms with van der Waals surface area (Å²) >= 11 is 0. The van der Waals surface area contributed by atoms with Gasteiger partial charge in [0, 0.05) is 32.8 Å². The highest BCUT2D eigenvalue weighted by molar-refractivity contribution is 5.92. The number of nitrogens with zero attached hydrogens (tertiary/aromatic N) is 5. The van der Waals surface area contributed by atoms with E-state index in [0.717, 1.165) is 18.5 Å². The zero-order valence-corrected chi connectivity index (χ0v) is 14.5. The Balaban J connectivity index is 1.36. The quantitative estimate of drug-likeness (QED) is 0.811. The van der Waals surface area contributed by atoms with E-state index in [4.69, 9.17) is 4.74 Å². The van der Waals surface area contributed by atoms with E-state index in [2.05, 4.69) is 10.2 Å². The summed E-state index contributed by atoms with van der Waals surface area (Å²) in [4.78, 5) is 30.0. The van der Waals surface area contributed by atoms with Crippen LogP contribution in [-0.2, 0) is 9.53 Å². The molecular weight excluding hydrogens is 334 g/mol. The molecule has 2 saturated heterocycles. The number of amides is 2. The Morgan fingerprint density at radius 1 is 1.04 bits per heavy atom. The van der Waals surface area contributed by atoms with E-state index < -0.39 is 0 Å². The van der Waals surface area contributed by atoms with Gasteiger partial charge >= 0.3 is 0 Å². The summed E-state index contributed by atoms with van der Waals surface area (Å²) < 4.78 is 5.46. The normalized spacial score (nSPS) is 20.4. The van der Waals surface area contributed by atoms with Crippen molar-refractivity contribution in [3.63, 3.8) is 0 Å². The van der Waals surface area contributed by atoms with Crippen molar-refractivity contribution in [1.29, 1.82) is 0 Å². The highest BCUT2D eigenvalue weighted by atomic mass is 16.5. The molecule has 2 aliphatic heterocycles. The number of para-hydroxylation sites is 1. The van der Waals surface area contributed by atoms with Crippen molar-refractivity contribution in [1.82, 2.24) is 24.8 Å². The molecule has 2 aromatic rings. The van der Waals surface area contributed by atoms with Crippen LogP contribution in [0.3, 0.4) is 0 Å². The number of ether oxygens (including phenoxy) is 1. The van der Waals surface area contributed by atoms with Gasteiger partial charge in [-0.15, -0.1) is 5.10 Å². The average molecular weight is 355 g/mol. The molecule has 8 heteroatoms. The molecule has 8 nitrogen and oxygen atoms in total. The molecule has 4 rings (SSSR count). The molecule has 0 radical (unpaired) electrons. The second-order valence-corrected chi connectivity index (χ2v) is 6.47. The van der Waals surface area contributed by atoms with E-state index in [-0.39, 0.29) is 17.9 Å². The van der Waals surface area contributed by atoms with Gasteiger partial charge in [0.1, 0.15) is 6.10 Å². The number of aromatic nitrogens is 3. The summed E-state index contributed by atoms with van der Waals surface area (Å²) in [6, 6.07) is 9.46. The van der Waals surface area contributed by atoms with Crippen LogP contribution in [-0.4, -0.2) is 75.5 Å². The number of rotatable bonds is 3. The lowest BCUT2D eigenvalue weighted by atomic mass is 10.2. The van der Waals surface area contributed by atoms with E-state index in [1.165, 1.54) is 11.0 Å². The lowest BCUT2D eigenvalue weighted by Crippen LogP contribution is -2.52. The van der Waals surface area contributed by atoms with Gasteiger partial charge in [-0.05, 0) is 25.0 Å². The Hall–Kier alpha value is -2.74. The van der Waals surface area contributed by atoms with Crippen LogP contribution in [0.25, 0.3) is 5.69 Å². The number of carbonyl (C=O) groups excluding carboxylic acids is 2. The monoisotopic (exact) mass is 355 g/mol. The van der Waals surface area contributed by atoms with Crippen molar-refractivity contribution < 1.29 is 14.3 Å². The molecule has 136 valence electrons. The molecule has 0 N–H and O–H groups in total. The summed E-state index contributed by atoms with van der Waals surface area (Å²) in [5.41, 5.74) is 1.12. The van der Waals surface area contributed by atoms with Gasteiger partial charge in [0.05, 0.1) is 11.9 Å². The fourth-order valence-electron chi connectivity index (χ4n) is 3.31. The van der Waals surface area contributed by atoms with Crippen molar-refractivity contribution in [3.05, 3.63) is 42.2 Å². The van der Waals surface area contributed by atoms with Crippen molar-refractivity contribution in [2.24, 2.45) is 0 Å². The topological polar surface area (TPSA) is 80.6 Å². The van der Waals surface area contributed by atoms with Crippen LogP contribution in [0.5, 0.6) is 0 Å². The number of hydrogen-bond acceptors (Lipinski definition) is 5. The molecule has 2 fully saturated rings. The molecule has 0 spiro atoms. The lowest BCUT2D eigenvalue weighted by molar-refractivity contribution is -0.142. The highest BCUT2D eigenvalue weighted by Gasteiger charge is 2.32. The Labute approximate surface area is 151 Å². The number of carbonyl (C=O) groups is 2. The second kappa shape index (κ2) is 7.25. The SMILES string of the molecule is O=C(c1cnn(-c2ccccc2)n1)N1CCN(C(=O)C2CCCO2)CC1. The van der Waals surface area contributed by atoms with E-state index in [9.17, 15) is 9.59 Å². The standard InChI is InChI=1S/C18H21N5O3/c24-17(15-13-19-23(20-15)14-5-2-1-3-6-14)21-8-10-22(11-9-21)18(25)16-7-4-12-26-16/h1-3,5-6,13,16H,4,7-12H2. The van der Waals surface area contributed by atoms with Gasteiger partial charge in [0.15, 0.2) is 5.69 Å². The minimum Gasteiger partial charge on any atom is -0.368 e. The molecular formula is C18H21N5O3. The Morgan fingerprint density at radius 3 is 2.46 bits per heavy atom. The molecule has 3 heterocycles. The van der Waals surface area contributed by atoms with Crippen LogP contribution >= 0.6 is 0 Å². The number of hydrogen-bond donors (Lipinski definition) is 0. The van der Waals surface area contributed by atoms with Crippen LogP contribution in [0.2, 0.25) is 0 Å². The maximum Gasteiger partial charge on any atom is 0.276 e. The molecule has 0 aliphatic carbocycles. The highest BCUT2D eigenvalue weighted by Crippen LogP contribution is 2.16. The van der Waals surface area contributed by atoms with Gasteiger partial charge in [-0.25, -0.2) is 0 Å². The summed E-state index contributed by atoms with van der Waals surface area (Å²) in [5, 5.41) is 8.46. The Kier molecular flexibility index (Phi) is 4.66. The fraction of sp³-hybridized carbons (Fsp3) is 0.444. The first-order chi connectivity index (χ1) is 12.7. The van der Waals surface area contributed by atoms with Crippen LogP contribution < -0.4 is 0 Å². The zero-order chi connectivity index (χ0) is 17.9. The fourth-order valence-corrected chi connectivity index (χ4v) is 3.31. The second-order valence-electron chi connectivity index (χ2n) is 6.47. The van der Waals surface area contributed by atoms with Crippen LogP contribution in [0, 0.1) is 0 Å². The van der Waals surface area contributed by atoms with Crippen molar-refractivity contribution in [2.75, 3.05) is 32.8 Å². The van der Waals surface area contributed by atoms with Gasteiger partial charge in [-0.3, -0.25) is 9.59 Å². The van der Waals surface area contributed by atoms with E-state index in [0.29, 0.717) is 38.5 Å². The Morgan fingerprint density at radius 2 is 1.77 bits per heavy atom. The molecule has 0 saturated carbocycles. The van der Waals surface area contributed by atoms with Gasteiger partial charge in [0.2, 0.25) is 0 Å². The van der Waals surface area contributed by atoms with Gasteiger partial charge < -0.3 is 14.5 Å². The van der Waals surface area contributed by atoms with E-state index in [1.807, 2.05) is 30.3 Å². The molecule has 2 aliphatic rings. The van der Waals surface area contributed by atoms with Crippen LogP contribution in [0.1, 0.15) is 23.3 Å². The number of benzene rings is 1. The van der Waals surface area contributed by atoms with Crippen molar-refractivity contribution in [2.45, 2.75) is 18.9 Å². The molecule has 1 aromatic carbocycles. The maximum absolute atomic E-state index is 12.7. The van der Waals surface area contributed by atoms with E-state index in [1.54, 1.807) is 9.80 Å². The summed E-state index contributed by atoms with van der Waals surface area (Å²) in [5.74, 6) is -0.110. The minimum absolute atomic E-state index is 0.0459. The van der Waals surface area contributed by atoms with Crippen molar-refractivity contribution in [3.8, 4) is 5.69 Å². The third-order valence-electron chi connectivity index (χ3n) is 4.78. The first-order valence-electron chi connectivity index (χ1n) is 8.90. The largest absolute Gasteiger partial charge is 0.368 e. The van der Waals surface area contributed by atoms with Crippen molar-refractivity contribution >= 4 is 11.8 Å².